The Bertz CT molecular complexity index is 1220. The van der Waals surface area contributed by atoms with Crippen LogP contribution in [-0.2, 0) is 6.54 Å². The van der Waals surface area contributed by atoms with Crippen molar-refractivity contribution in [1.82, 2.24) is 24.4 Å². The largest absolute Gasteiger partial charge is 0.353 e. The zero-order valence-corrected chi connectivity index (χ0v) is 19.5. The number of para-hydroxylation sites is 1. The molecule has 3 aromatic heterocycles. The summed E-state index contributed by atoms with van der Waals surface area (Å²) in [5.41, 5.74) is 10.3. The van der Waals surface area contributed by atoms with Crippen molar-refractivity contribution in [2.75, 3.05) is 25.0 Å². The predicted molar refractivity (Wildman–Crippen MR) is 134 cm³/mol. The molecule has 7 nitrogen and oxygen atoms in total. The van der Waals surface area contributed by atoms with Crippen molar-refractivity contribution in [1.29, 1.82) is 0 Å². The highest BCUT2D eigenvalue weighted by Gasteiger charge is 2.23. The Morgan fingerprint density at radius 1 is 1.03 bits per heavy atom. The van der Waals surface area contributed by atoms with E-state index >= 15 is 0 Å². The number of fused-ring (bicyclic) bond motifs is 2. The summed E-state index contributed by atoms with van der Waals surface area (Å²) in [6, 6.07) is 15.1. The highest BCUT2D eigenvalue weighted by Crippen LogP contribution is 2.25. The van der Waals surface area contributed by atoms with Crippen LogP contribution in [0.5, 0.6) is 0 Å². The van der Waals surface area contributed by atoms with Crippen LogP contribution < -0.4 is 11.1 Å². The van der Waals surface area contributed by atoms with E-state index < -0.39 is 0 Å². The van der Waals surface area contributed by atoms with Gasteiger partial charge in [0.2, 0.25) is 5.95 Å². The number of likely N-dealkylation sites (tertiary alicyclic amines) is 1. The van der Waals surface area contributed by atoms with Gasteiger partial charge in [-0.15, -0.1) is 0 Å². The molecular weight excluding hydrogens is 410 g/mol. The summed E-state index contributed by atoms with van der Waals surface area (Å²) < 4.78 is 2.24. The topological polar surface area (TPSA) is 84.9 Å². The maximum atomic E-state index is 6.30. The van der Waals surface area contributed by atoms with Crippen LogP contribution in [-0.4, -0.2) is 56.1 Å². The zero-order valence-electron chi connectivity index (χ0n) is 19.5. The molecule has 0 amide bonds. The van der Waals surface area contributed by atoms with Gasteiger partial charge >= 0.3 is 0 Å². The van der Waals surface area contributed by atoms with Gasteiger partial charge < -0.3 is 20.5 Å². The van der Waals surface area contributed by atoms with Crippen molar-refractivity contribution in [3.63, 3.8) is 0 Å². The van der Waals surface area contributed by atoms with Crippen molar-refractivity contribution in [2.24, 2.45) is 11.7 Å². The molecule has 1 aliphatic rings. The molecule has 0 radical (unpaired) electrons. The summed E-state index contributed by atoms with van der Waals surface area (Å²) in [6.45, 7) is 8.18. The highest BCUT2D eigenvalue weighted by molar-refractivity contribution is 5.82. The first-order valence-electron chi connectivity index (χ1n) is 12.0. The van der Waals surface area contributed by atoms with Gasteiger partial charge in [-0.1, -0.05) is 38.1 Å². The number of nitrogens with two attached hydrogens (primary N) is 1. The summed E-state index contributed by atoms with van der Waals surface area (Å²) in [5.74, 6) is 1.39. The lowest BCUT2D eigenvalue weighted by molar-refractivity contribution is 0.194. The third-order valence-corrected chi connectivity index (χ3v) is 6.82. The van der Waals surface area contributed by atoms with Crippen LogP contribution >= 0.6 is 0 Å². The number of nitrogens with zero attached hydrogens (tertiary/aromatic N) is 5. The van der Waals surface area contributed by atoms with Crippen molar-refractivity contribution in [2.45, 2.75) is 45.3 Å². The summed E-state index contributed by atoms with van der Waals surface area (Å²) >= 11 is 0. The van der Waals surface area contributed by atoms with Crippen LogP contribution in [0.1, 0.15) is 32.3 Å². The van der Waals surface area contributed by atoms with Gasteiger partial charge in [-0.3, -0.25) is 4.98 Å². The molecule has 5 rings (SSSR count). The smallest absolute Gasteiger partial charge is 0.205 e. The van der Waals surface area contributed by atoms with Gasteiger partial charge in [-0.2, -0.15) is 4.98 Å². The molecule has 4 heterocycles. The number of anilines is 1. The second-order valence-electron chi connectivity index (χ2n) is 9.49. The maximum absolute atomic E-state index is 6.30. The third-order valence-electron chi connectivity index (χ3n) is 6.82. The second kappa shape index (κ2) is 9.45. The van der Waals surface area contributed by atoms with Crippen molar-refractivity contribution < 1.29 is 0 Å². The van der Waals surface area contributed by atoms with E-state index in [-0.39, 0.29) is 6.04 Å². The van der Waals surface area contributed by atoms with E-state index in [4.69, 9.17) is 10.7 Å². The van der Waals surface area contributed by atoms with E-state index in [1.54, 1.807) is 6.20 Å². The Kier molecular flexibility index (Phi) is 6.24. The van der Waals surface area contributed by atoms with E-state index in [0.717, 1.165) is 60.5 Å². The van der Waals surface area contributed by atoms with Gasteiger partial charge in [0.15, 0.2) is 5.65 Å². The van der Waals surface area contributed by atoms with Gasteiger partial charge in [-0.05, 0) is 42.5 Å². The number of hydrogen-bond acceptors (Lipinski definition) is 6. The van der Waals surface area contributed by atoms with Gasteiger partial charge in [-0.25, -0.2) is 4.98 Å². The fourth-order valence-corrected chi connectivity index (χ4v) is 4.65. The predicted octanol–water partition coefficient (Wildman–Crippen LogP) is 3.89. The quantitative estimate of drug-likeness (QED) is 0.451. The van der Waals surface area contributed by atoms with Gasteiger partial charge in [0.05, 0.1) is 17.6 Å². The third kappa shape index (κ3) is 4.70. The maximum Gasteiger partial charge on any atom is 0.205 e. The van der Waals surface area contributed by atoms with E-state index in [9.17, 15) is 0 Å². The number of rotatable bonds is 7. The molecule has 0 aliphatic carbocycles. The van der Waals surface area contributed by atoms with E-state index in [0.29, 0.717) is 18.5 Å². The molecule has 1 aromatic carbocycles. The van der Waals surface area contributed by atoms with Crippen LogP contribution in [0.25, 0.3) is 22.1 Å². The SMILES string of the molecule is CC(C)C(N)CN1CCC(Nc2nc3ncccc3n2Cc2cccc3cccnc23)CC1. The zero-order chi connectivity index (χ0) is 22.8. The standard InChI is InChI=1S/C26H33N7/c1-18(2)22(27)17-32-14-10-21(11-15-32)30-26-31-25-23(9-5-13-29-25)33(26)16-20-7-3-6-19-8-4-12-28-24(19)20/h3-9,12-13,18,21-22H,10-11,14-17,27H2,1-2H3,(H,29,30,31). The molecule has 1 fully saturated rings. The summed E-state index contributed by atoms with van der Waals surface area (Å²) in [7, 11) is 0. The minimum Gasteiger partial charge on any atom is -0.353 e. The molecule has 0 bridgehead atoms. The Morgan fingerprint density at radius 2 is 1.79 bits per heavy atom. The van der Waals surface area contributed by atoms with Crippen LogP contribution in [0.3, 0.4) is 0 Å². The summed E-state index contributed by atoms with van der Waals surface area (Å²) in [6.07, 6.45) is 5.82. The van der Waals surface area contributed by atoms with E-state index in [1.807, 2.05) is 18.3 Å². The normalized spacial score (nSPS) is 16.6. The number of pyridine rings is 2. The van der Waals surface area contributed by atoms with E-state index in [1.165, 1.54) is 5.56 Å². The first-order valence-corrected chi connectivity index (χ1v) is 12.0. The number of piperidine rings is 1. The van der Waals surface area contributed by atoms with Crippen molar-refractivity contribution in [3.8, 4) is 0 Å². The number of benzene rings is 1. The Morgan fingerprint density at radius 3 is 2.61 bits per heavy atom. The number of nitrogens with one attached hydrogen (secondary N) is 1. The number of hydrogen-bond donors (Lipinski definition) is 2. The van der Waals surface area contributed by atoms with Crippen LogP contribution in [0.15, 0.2) is 54.9 Å². The molecular formula is C26H33N7. The molecule has 33 heavy (non-hydrogen) atoms. The van der Waals surface area contributed by atoms with E-state index in [2.05, 4.69) is 68.9 Å². The average molecular weight is 444 g/mol. The van der Waals surface area contributed by atoms with Gasteiger partial charge in [0.1, 0.15) is 0 Å². The second-order valence-corrected chi connectivity index (χ2v) is 9.49. The minimum absolute atomic E-state index is 0.235. The molecule has 1 saturated heterocycles. The van der Waals surface area contributed by atoms with Crippen LogP contribution in [0.4, 0.5) is 5.95 Å². The Hall–Kier alpha value is -3.03. The fraction of sp³-hybridized carbons (Fsp3) is 0.423. The first-order chi connectivity index (χ1) is 16.1. The Labute approximate surface area is 195 Å². The van der Waals surface area contributed by atoms with Crippen LogP contribution in [0, 0.1) is 5.92 Å². The highest BCUT2D eigenvalue weighted by atomic mass is 15.2. The molecule has 172 valence electrons. The number of imidazole rings is 1. The lowest BCUT2D eigenvalue weighted by atomic mass is 10.0. The van der Waals surface area contributed by atoms with Crippen molar-refractivity contribution in [3.05, 3.63) is 60.4 Å². The molecule has 0 saturated carbocycles. The minimum atomic E-state index is 0.235. The molecule has 7 heteroatoms. The molecule has 1 unspecified atom stereocenters. The lowest BCUT2D eigenvalue weighted by Gasteiger charge is -2.34. The lowest BCUT2D eigenvalue weighted by Crippen LogP contribution is -2.46. The van der Waals surface area contributed by atoms with Crippen LogP contribution in [0.2, 0.25) is 0 Å². The van der Waals surface area contributed by atoms with Gasteiger partial charge in [0, 0.05) is 49.5 Å². The van der Waals surface area contributed by atoms with Gasteiger partial charge in [0.25, 0.3) is 0 Å². The summed E-state index contributed by atoms with van der Waals surface area (Å²) in [4.78, 5) is 16.5. The summed E-state index contributed by atoms with van der Waals surface area (Å²) in [5, 5.41) is 4.89. The average Bonchev–Trinajstić information content (AvgIpc) is 3.17. The molecule has 4 aromatic rings. The molecule has 1 atom stereocenters. The molecule has 0 spiro atoms. The Balaban J connectivity index is 1.37. The number of aromatic nitrogens is 4. The molecule has 3 N–H and O–H groups in total. The van der Waals surface area contributed by atoms with Crippen molar-refractivity contribution >= 4 is 28.0 Å². The monoisotopic (exact) mass is 443 g/mol. The fourth-order valence-electron chi connectivity index (χ4n) is 4.65. The molecule has 1 aliphatic heterocycles. The first kappa shape index (κ1) is 21.8.